The predicted octanol–water partition coefficient (Wildman–Crippen LogP) is 5.01. The molecule has 0 aliphatic heterocycles. The molecule has 1 aromatic carbocycles. The van der Waals surface area contributed by atoms with E-state index in [1.54, 1.807) is 6.07 Å². The molecule has 0 amide bonds. The van der Waals surface area contributed by atoms with Crippen molar-refractivity contribution in [1.29, 1.82) is 0 Å². The van der Waals surface area contributed by atoms with E-state index >= 15 is 0 Å². The summed E-state index contributed by atoms with van der Waals surface area (Å²) in [6.07, 6.45) is 0.687. The van der Waals surface area contributed by atoms with Crippen LogP contribution >= 0.6 is 43.2 Å². The van der Waals surface area contributed by atoms with Crippen LogP contribution in [0.5, 0.6) is 0 Å². The lowest BCUT2D eigenvalue weighted by Crippen LogP contribution is -2.27. The van der Waals surface area contributed by atoms with Crippen LogP contribution in [0, 0.1) is 6.92 Å². The first kappa shape index (κ1) is 17.1. The van der Waals surface area contributed by atoms with E-state index in [1.165, 1.54) is 11.3 Å². The summed E-state index contributed by atoms with van der Waals surface area (Å²) in [4.78, 5) is 0. The van der Waals surface area contributed by atoms with Crippen molar-refractivity contribution in [3.8, 4) is 0 Å². The molecular formula is C14H15Br2NO2S2. The minimum absolute atomic E-state index is 0.232. The molecule has 1 heterocycles. The molecular weight excluding hydrogens is 438 g/mol. The lowest BCUT2D eigenvalue weighted by molar-refractivity contribution is 0.552. The third-order valence-electron chi connectivity index (χ3n) is 3.08. The van der Waals surface area contributed by atoms with Gasteiger partial charge >= 0.3 is 0 Å². The molecule has 2 rings (SSSR count). The number of benzene rings is 1. The van der Waals surface area contributed by atoms with Crippen LogP contribution in [0.25, 0.3) is 0 Å². The molecule has 1 aromatic heterocycles. The molecule has 1 N–H and O–H groups in total. The molecule has 0 aliphatic carbocycles. The second-order valence-corrected chi connectivity index (χ2v) is 9.88. The highest BCUT2D eigenvalue weighted by molar-refractivity contribution is 9.11. The number of rotatable bonds is 5. The lowest BCUT2D eigenvalue weighted by Gasteiger charge is -2.17. The zero-order chi connectivity index (χ0) is 15.6. The fraction of sp³-hybridized carbons (Fsp3) is 0.286. The number of hydrogen-bond acceptors (Lipinski definition) is 3. The molecule has 0 bridgehead atoms. The Morgan fingerprint density at radius 2 is 1.86 bits per heavy atom. The maximum atomic E-state index is 12.5. The Kier molecular flexibility index (Phi) is 5.65. The highest BCUT2D eigenvalue weighted by Gasteiger charge is 2.22. The van der Waals surface area contributed by atoms with Gasteiger partial charge in [-0.2, -0.15) is 0 Å². The second-order valence-electron chi connectivity index (χ2n) is 4.66. The number of nitrogens with one attached hydrogen (secondary N) is 1. The largest absolute Gasteiger partial charge is 0.250 e. The van der Waals surface area contributed by atoms with Crippen molar-refractivity contribution in [2.24, 2.45) is 0 Å². The molecule has 114 valence electrons. The summed E-state index contributed by atoms with van der Waals surface area (Å²) in [6.45, 7) is 3.84. The normalized spacial score (nSPS) is 13.3. The van der Waals surface area contributed by atoms with E-state index in [2.05, 4.69) is 36.6 Å². The van der Waals surface area contributed by atoms with E-state index in [0.717, 1.165) is 19.4 Å². The Morgan fingerprint density at radius 1 is 1.24 bits per heavy atom. The molecule has 0 radical (unpaired) electrons. The first-order valence-corrected chi connectivity index (χ1v) is 10.3. The Labute approximate surface area is 146 Å². The van der Waals surface area contributed by atoms with Gasteiger partial charge < -0.3 is 0 Å². The highest BCUT2D eigenvalue weighted by atomic mass is 79.9. The Balaban J connectivity index is 2.27. The van der Waals surface area contributed by atoms with E-state index in [4.69, 9.17) is 0 Å². The van der Waals surface area contributed by atoms with Gasteiger partial charge in [-0.25, -0.2) is 13.1 Å². The lowest BCUT2D eigenvalue weighted by atomic mass is 10.1. The Morgan fingerprint density at radius 3 is 2.33 bits per heavy atom. The fourth-order valence-electron chi connectivity index (χ4n) is 1.89. The van der Waals surface area contributed by atoms with Gasteiger partial charge in [0.25, 0.3) is 10.0 Å². The van der Waals surface area contributed by atoms with Crippen LogP contribution in [0.2, 0.25) is 0 Å². The molecule has 3 nitrogen and oxygen atoms in total. The van der Waals surface area contributed by atoms with Crippen molar-refractivity contribution in [3.05, 3.63) is 49.7 Å². The smallest absolute Gasteiger partial charge is 0.206 e. The number of hydrogen-bond donors (Lipinski definition) is 1. The highest BCUT2D eigenvalue weighted by Crippen LogP contribution is 2.31. The summed E-state index contributed by atoms with van der Waals surface area (Å²) in [5, 5.41) is 0. The molecule has 0 saturated heterocycles. The van der Waals surface area contributed by atoms with Gasteiger partial charge in [-0.15, -0.1) is 11.3 Å². The maximum Gasteiger partial charge on any atom is 0.250 e. The van der Waals surface area contributed by atoms with Crippen LogP contribution in [0.4, 0.5) is 0 Å². The van der Waals surface area contributed by atoms with Crippen molar-refractivity contribution >= 4 is 53.2 Å². The van der Waals surface area contributed by atoms with Gasteiger partial charge in [0, 0.05) is 10.5 Å². The molecule has 0 saturated carbocycles. The van der Waals surface area contributed by atoms with E-state index < -0.39 is 10.0 Å². The van der Waals surface area contributed by atoms with Gasteiger partial charge in [-0.05, 0) is 58.6 Å². The maximum absolute atomic E-state index is 12.5. The van der Waals surface area contributed by atoms with Gasteiger partial charge in [-0.1, -0.05) is 35.0 Å². The van der Waals surface area contributed by atoms with Gasteiger partial charge in [0.2, 0.25) is 0 Å². The number of thiophene rings is 1. The van der Waals surface area contributed by atoms with Crippen LogP contribution in [-0.2, 0) is 10.0 Å². The first-order chi connectivity index (χ1) is 9.83. The van der Waals surface area contributed by atoms with Crippen LogP contribution in [0.1, 0.15) is 30.5 Å². The van der Waals surface area contributed by atoms with Gasteiger partial charge in [0.05, 0.1) is 3.79 Å². The summed E-state index contributed by atoms with van der Waals surface area (Å²) in [6, 6.07) is 9.14. The third kappa shape index (κ3) is 4.16. The zero-order valence-corrected chi connectivity index (χ0v) is 16.4. The Hall–Kier alpha value is -0.210. The number of halogens is 2. The van der Waals surface area contributed by atoms with E-state index in [9.17, 15) is 8.42 Å². The monoisotopic (exact) mass is 451 g/mol. The molecule has 2 aromatic rings. The second kappa shape index (κ2) is 6.91. The molecule has 0 aliphatic rings. The summed E-state index contributed by atoms with van der Waals surface area (Å²) in [5.74, 6) is 0. The first-order valence-electron chi connectivity index (χ1n) is 6.37. The SMILES string of the molecule is CCC(NS(=O)(=O)c1cc(C)c(Br)s1)c1ccc(Br)cc1. The van der Waals surface area contributed by atoms with E-state index in [0.29, 0.717) is 10.6 Å². The molecule has 1 unspecified atom stereocenters. The van der Waals surface area contributed by atoms with E-state index in [-0.39, 0.29) is 6.04 Å². The van der Waals surface area contributed by atoms with Crippen molar-refractivity contribution in [1.82, 2.24) is 4.72 Å². The third-order valence-corrected chi connectivity index (χ3v) is 7.69. The zero-order valence-electron chi connectivity index (χ0n) is 11.6. The number of aryl methyl sites for hydroxylation is 1. The average Bonchev–Trinajstić information content (AvgIpc) is 2.78. The molecule has 21 heavy (non-hydrogen) atoms. The average molecular weight is 453 g/mol. The molecule has 1 atom stereocenters. The molecule has 0 spiro atoms. The molecule has 7 heteroatoms. The standard InChI is InChI=1S/C14H15Br2NO2S2/c1-3-12(10-4-6-11(15)7-5-10)17-21(18,19)13-8-9(2)14(16)20-13/h4-8,12,17H,3H2,1-2H3. The minimum atomic E-state index is -3.50. The van der Waals surface area contributed by atoms with Crippen LogP contribution in [0.15, 0.2) is 42.8 Å². The van der Waals surface area contributed by atoms with Crippen molar-refractivity contribution < 1.29 is 8.42 Å². The molecule has 0 fully saturated rings. The fourth-order valence-corrected chi connectivity index (χ4v) is 5.71. The Bertz CT molecular complexity index is 704. The quantitative estimate of drug-likeness (QED) is 0.692. The van der Waals surface area contributed by atoms with Crippen molar-refractivity contribution in [3.63, 3.8) is 0 Å². The van der Waals surface area contributed by atoms with Crippen molar-refractivity contribution in [2.75, 3.05) is 0 Å². The van der Waals surface area contributed by atoms with E-state index in [1.807, 2.05) is 38.1 Å². The predicted molar refractivity (Wildman–Crippen MR) is 94.3 cm³/mol. The van der Waals surface area contributed by atoms with Gasteiger partial charge in [-0.3, -0.25) is 0 Å². The summed E-state index contributed by atoms with van der Waals surface area (Å²) in [5.41, 5.74) is 1.88. The summed E-state index contributed by atoms with van der Waals surface area (Å²) in [7, 11) is -3.50. The van der Waals surface area contributed by atoms with Gasteiger partial charge in [0.1, 0.15) is 4.21 Å². The number of sulfonamides is 1. The minimum Gasteiger partial charge on any atom is -0.206 e. The topological polar surface area (TPSA) is 46.2 Å². The van der Waals surface area contributed by atoms with Crippen LogP contribution in [-0.4, -0.2) is 8.42 Å². The van der Waals surface area contributed by atoms with Crippen LogP contribution < -0.4 is 4.72 Å². The van der Waals surface area contributed by atoms with Crippen molar-refractivity contribution in [2.45, 2.75) is 30.5 Å². The van der Waals surface area contributed by atoms with Gasteiger partial charge in [0.15, 0.2) is 0 Å². The summed E-state index contributed by atoms with van der Waals surface area (Å²) < 4.78 is 29.9. The summed E-state index contributed by atoms with van der Waals surface area (Å²) >= 11 is 7.98. The van der Waals surface area contributed by atoms with Crippen LogP contribution in [0.3, 0.4) is 0 Å².